The molecule has 1 aliphatic rings. The van der Waals surface area contributed by atoms with Gasteiger partial charge in [-0.15, -0.1) is 0 Å². The lowest BCUT2D eigenvalue weighted by atomic mass is 9.81. The highest BCUT2D eigenvalue weighted by atomic mass is 35.5. The van der Waals surface area contributed by atoms with Gasteiger partial charge >= 0.3 is 0 Å². The third-order valence-electron chi connectivity index (χ3n) is 3.96. The molecular weight excluding hydrogens is 303 g/mol. The van der Waals surface area contributed by atoms with Crippen molar-refractivity contribution in [3.8, 4) is 5.75 Å². The molecule has 3 nitrogen and oxygen atoms in total. The van der Waals surface area contributed by atoms with E-state index in [1.165, 1.54) is 0 Å². The van der Waals surface area contributed by atoms with Crippen molar-refractivity contribution < 1.29 is 9.13 Å². The van der Waals surface area contributed by atoms with Crippen LogP contribution in [0.4, 0.5) is 4.39 Å². The molecule has 2 rings (SSSR count). The molecule has 5 heteroatoms. The van der Waals surface area contributed by atoms with Gasteiger partial charge in [0.15, 0.2) is 11.6 Å². The lowest BCUT2D eigenvalue weighted by Gasteiger charge is -2.42. The zero-order valence-corrected chi connectivity index (χ0v) is 14.6. The molecule has 1 atom stereocenters. The van der Waals surface area contributed by atoms with Crippen LogP contribution in [0, 0.1) is 11.2 Å². The maximum atomic E-state index is 14.4. The number of rotatable bonds is 4. The summed E-state index contributed by atoms with van der Waals surface area (Å²) in [6, 6.07) is 3.56. The molecule has 0 saturated carbocycles. The largest absolute Gasteiger partial charge is 0.489 e. The van der Waals surface area contributed by atoms with Gasteiger partial charge in [-0.05, 0) is 30.0 Å². The summed E-state index contributed by atoms with van der Waals surface area (Å²) in [5.41, 5.74) is 0.903. The number of hydrogen-bond acceptors (Lipinski definition) is 3. The van der Waals surface area contributed by atoms with E-state index in [0.717, 1.165) is 31.7 Å². The van der Waals surface area contributed by atoms with Crippen molar-refractivity contribution in [1.82, 2.24) is 10.2 Å². The van der Waals surface area contributed by atoms with E-state index in [4.69, 9.17) is 16.3 Å². The average Bonchev–Trinajstić information content (AvgIpc) is 2.43. The molecule has 0 amide bonds. The Morgan fingerprint density at radius 3 is 2.45 bits per heavy atom. The van der Waals surface area contributed by atoms with Crippen molar-refractivity contribution >= 4 is 11.6 Å². The molecule has 1 aromatic rings. The van der Waals surface area contributed by atoms with E-state index < -0.39 is 0 Å². The fourth-order valence-corrected chi connectivity index (χ4v) is 3.49. The van der Waals surface area contributed by atoms with Crippen LogP contribution in [-0.4, -0.2) is 37.7 Å². The first-order chi connectivity index (χ1) is 10.3. The molecule has 0 aromatic heterocycles. The summed E-state index contributed by atoms with van der Waals surface area (Å²) in [5, 5.41) is 3.71. The van der Waals surface area contributed by atoms with Crippen LogP contribution in [0.15, 0.2) is 12.1 Å². The van der Waals surface area contributed by atoms with Gasteiger partial charge in [-0.1, -0.05) is 32.4 Å². The molecule has 1 N–H and O–H groups in total. The van der Waals surface area contributed by atoms with Crippen molar-refractivity contribution in [3.05, 3.63) is 28.5 Å². The predicted molar refractivity (Wildman–Crippen MR) is 89.2 cm³/mol. The number of ether oxygens (including phenoxy) is 1. The highest BCUT2D eigenvalue weighted by Gasteiger charge is 2.33. The molecule has 0 spiro atoms. The summed E-state index contributed by atoms with van der Waals surface area (Å²) in [7, 11) is 0. The SMILES string of the molecule is CCOc1c(F)cc([C@@H](N2CCNCC2)C(C)(C)C)cc1Cl. The quantitative estimate of drug-likeness (QED) is 0.908. The molecule has 1 fully saturated rings. The summed E-state index contributed by atoms with van der Waals surface area (Å²) in [5.74, 6) is -0.227. The van der Waals surface area contributed by atoms with Crippen LogP contribution in [-0.2, 0) is 0 Å². The van der Waals surface area contributed by atoms with Crippen molar-refractivity contribution in [2.24, 2.45) is 5.41 Å². The Labute approximate surface area is 137 Å². The van der Waals surface area contributed by atoms with Gasteiger partial charge in [0, 0.05) is 32.2 Å². The summed E-state index contributed by atoms with van der Waals surface area (Å²) in [6.45, 7) is 12.6. The van der Waals surface area contributed by atoms with Gasteiger partial charge in [0.05, 0.1) is 11.6 Å². The molecule has 0 unspecified atom stereocenters. The molecule has 0 bridgehead atoms. The van der Waals surface area contributed by atoms with E-state index >= 15 is 0 Å². The minimum atomic E-state index is -0.381. The highest BCUT2D eigenvalue weighted by molar-refractivity contribution is 6.32. The van der Waals surface area contributed by atoms with E-state index in [9.17, 15) is 4.39 Å². The van der Waals surface area contributed by atoms with Crippen LogP contribution in [0.1, 0.15) is 39.3 Å². The van der Waals surface area contributed by atoms with Crippen LogP contribution in [0.2, 0.25) is 5.02 Å². The number of nitrogens with one attached hydrogen (secondary N) is 1. The van der Waals surface area contributed by atoms with E-state index in [-0.39, 0.29) is 23.0 Å². The predicted octanol–water partition coefficient (Wildman–Crippen LogP) is 3.87. The standard InChI is InChI=1S/C17H26ClFN2O/c1-5-22-15-13(18)10-12(11-14(15)19)16(17(2,3)4)21-8-6-20-7-9-21/h10-11,16,20H,5-9H2,1-4H3/t16-/m1/s1. The second kappa shape index (κ2) is 7.16. The van der Waals surface area contributed by atoms with Crippen molar-refractivity contribution in [1.29, 1.82) is 0 Å². The van der Waals surface area contributed by atoms with Crippen LogP contribution >= 0.6 is 11.6 Å². The van der Waals surface area contributed by atoms with Crippen LogP contribution in [0.25, 0.3) is 0 Å². The highest BCUT2D eigenvalue weighted by Crippen LogP contribution is 2.41. The topological polar surface area (TPSA) is 24.5 Å². The Balaban J connectivity index is 2.39. The van der Waals surface area contributed by atoms with Gasteiger partial charge < -0.3 is 10.1 Å². The minimum absolute atomic E-state index is 0.0137. The maximum Gasteiger partial charge on any atom is 0.173 e. The number of halogens is 2. The first-order valence-electron chi connectivity index (χ1n) is 7.91. The third kappa shape index (κ3) is 3.92. The zero-order chi connectivity index (χ0) is 16.3. The second-order valence-corrected chi connectivity index (χ2v) is 7.21. The van der Waals surface area contributed by atoms with Crippen molar-refractivity contribution in [2.45, 2.75) is 33.7 Å². The Morgan fingerprint density at radius 2 is 1.95 bits per heavy atom. The summed E-state index contributed by atoms with van der Waals surface area (Å²) >= 11 is 6.25. The van der Waals surface area contributed by atoms with Crippen molar-refractivity contribution in [2.75, 3.05) is 32.8 Å². The van der Waals surface area contributed by atoms with Gasteiger partial charge in [0.2, 0.25) is 0 Å². The normalized spacial score (nSPS) is 18.3. The molecule has 1 heterocycles. The molecule has 0 radical (unpaired) electrons. The first kappa shape index (κ1) is 17.5. The van der Waals surface area contributed by atoms with Gasteiger partial charge in [0.25, 0.3) is 0 Å². The van der Waals surface area contributed by atoms with E-state index in [2.05, 4.69) is 31.0 Å². The van der Waals surface area contributed by atoms with Gasteiger partial charge in [-0.3, -0.25) is 4.90 Å². The molecule has 124 valence electrons. The van der Waals surface area contributed by atoms with Crippen LogP contribution < -0.4 is 10.1 Å². The smallest absolute Gasteiger partial charge is 0.173 e. The van der Waals surface area contributed by atoms with Gasteiger partial charge in [0.1, 0.15) is 0 Å². The fraction of sp³-hybridized carbons (Fsp3) is 0.647. The summed E-state index contributed by atoms with van der Waals surface area (Å²) in [4.78, 5) is 2.40. The Kier molecular flexibility index (Phi) is 5.70. The van der Waals surface area contributed by atoms with Gasteiger partial charge in [-0.25, -0.2) is 4.39 Å². The molecule has 1 saturated heterocycles. The van der Waals surface area contributed by atoms with Crippen LogP contribution in [0.5, 0.6) is 5.75 Å². The maximum absolute atomic E-state index is 14.4. The van der Waals surface area contributed by atoms with Crippen LogP contribution in [0.3, 0.4) is 0 Å². The number of benzene rings is 1. The number of piperazine rings is 1. The molecule has 1 aromatic carbocycles. The average molecular weight is 329 g/mol. The number of hydrogen-bond donors (Lipinski definition) is 1. The third-order valence-corrected chi connectivity index (χ3v) is 4.24. The lowest BCUT2D eigenvalue weighted by Crippen LogP contribution is -2.48. The first-order valence-corrected chi connectivity index (χ1v) is 8.29. The van der Waals surface area contributed by atoms with E-state index in [1.807, 2.05) is 13.0 Å². The molecule has 0 aliphatic carbocycles. The summed E-state index contributed by atoms with van der Waals surface area (Å²) in [6.07, 6.45) is 0. The molecule has 1 aliphatic heterocycles. The summed E-state index contributed by atoms with van der Waals surface area (Å²) < 4.78 is 19.7. The van der Waals surface area contributed by atoms with E-state index in [0.29, 0.717) is 11.6 Å². The van der Waals surface area contributed by atoms with E-state index in [1.54, 1.807) is 6.07 Å². The second-order valence-electron chi connectivity index (χ2n) is 6.80. The van der Waals surface area contributed by atoms with Crippen molar-refractivity contribution in [3.63, 3.8) is 0 Å². The number of nitrogens with zero attached hydrogens (tertiary/aromatic N) is 1. The lowest BCUT2D eigenvalue weighted by molar-refractivity contribution is 0.0859. The Morgan fingerprint density at radius 1 is 1.32 bits per heavy atom. The Bertz CT molecular complexity index is 487. The molecule has 22 heavy (non-hydrogen) atoms. The molecular formula is C17H26ClFN2O. The monoisotopic (exact) mass is 328 g/mol. The minimum Gasteiger partial charge on any atom is -0.489 e. The fourth-order valence-electron chi connectivity index (χ4n) is 3.22. The Hall–Kier alpha value is -0.840. The van der Waals surface area contributed by atoms with Gasteiger partial charge in [-0.2, -0.15) is 0 Å². The zero-order valence-electron chi connectivity index (χ0n) is 13.9.